The van der Waals surface area contributed by atoms with Crippen LogP contribution in [0.1, 0.15) is 0 Å². The van der Waals surface area contributed by atoms with Gasteiger partial charge in [-0.15, -0.1) is 0 Å². The van der Waals surface area contributed by atoms with Gasteiger partial charge in [-0.3, -0.25) is 0 Å². The Morgan fingerprint density at radius 3 is 2.67 bits per heavy atom. The standard InChI is InChI=1S/C9H12BClO4/c1-14-4-5-15-7-2-3-9(11)8(6-7)10(12)13/h2-3,6,12-13H,4-5H2,1H3. The minimum Gasteiger partial charge on any atom is -0.491 e. The Bertz CT molecular complexity index is 319. The third-order valence-corrected chi connectivity index (χ3v) is 2.15. The maximum atomic E-state index is 8.99. The molecule has 1 aromatic carbocycles. The first-order valence-electron chi connectivity index (χ1n) is 4.42. The molecule has 1 aromatic rings. The van der Waals surface area contributed by atoms with Gasteiger partial charge in [-0.25, -0.2) is 0 Å². The van der Waals surface area contributed by atoms with E-state index in [9.17, 15) is 0 Å². The molecule has 0 aliphatic rings. The minimum absolute atomic E-state index is 0.228. The molecule has 2 N–H and O–H groups in total. The van der Waals surface area contributed by atoms with Crippen molar-refractivity contribution in [2.75, 3.05) is 20.3 Å². The number of hydrogen-bond acceptors (Lipinski definition) is 4. The normalized spacial score (nSPS) is 10.1. The topological polar surface area (TPSA) is 58.9 Å². The fourth-order valence-corrected chi connectivity index (χ4v) is 1.27. The van der Waals surface area contributed by atoms with E-state index < -0.39 is 7.12 Å². The average molecular weight is 230 g/mol. The fraction of sp³-hybridized carbons (Fsp3) is 0.333. The van der Waals surface area contributed by atoms with Crippen LogP contribution in [0, 0.1) is 0 Å². The van der Waals surface area contributed by atoms with Gasteiger partial charge in [-0.1, -0.05) is 11.6 Å². The monoisotopic (exact) mass is 230 g/mol. The lowest BCUT2D eigenvalue weighted by Gasteiger charge is -2.08. The molecule has 0 aromatic heterocycles. The van der Waals surface area contributed by atoms with E-state index in [0.29, 0.717) is 24.0 Å². The van der Waals surface area contributed by atoms with Crippen molar-refractivity contribution < 1.29 is 19.5 Å². The number of benzene rings is 1. The molecule has 0 bridgehead atoms. The molecule has 0 unspecified atom stereocenters. The summed E-state index contributed by atoms with van der Waals surface area (Å²) in [6.45, 7) is 0.874. The molecule has 0 fully saturated rings. The second-order valence-corrected chi connectivity index (χ2v) is 3.31. The highest BCUT2D eigenvalue weighted by molar-refractivity contribution is 6.62. The number of ether oxygens (including phenoxy) is 2. The van der Waals surface area contributed by atoms with Gasteiger partial charge in [0.25, 0.3) is 0 Å². The molecule has 0 radical (unpaired) electrons. The van der Waals surface area contributed by atoms with Gasteiger partial charge in [0.2, 0.25) is 0 Å². The van der Waals surface area contributed by atoms with Crippen LogP contribution in [-0.2, 0) is 4.74 Å². The Morgan fingerprint density at radius 2 is 2.07 bits per heavy atom. The number of hydrogen-bond donors (Lipinski definition) is 2. The highest BCUT2D eigenvalue weighted by Crippen LogP contribution is 2.14. The Hall–Kier alpha value is -0.745. The van der Waals surface area contributed by atoms with Crippen LogP contribution in [0.15, 0.2) is 18.2 Å². The Labute approximate surface area is 93.5 Å². The zero-order chi connectivity index (χ0) is 11.3. The molecule has 15 heavy (non-hydrogen) atoms. The van der Waals surface area contributed by atoms with Gasteiger partial charge >= 0.3 is 7.12 Å². The smallest absolute Gasteiger partial charge is 0.490 e. The van der Waals surface area contributed by atoms with Gasteiger partial charge < -0.3 is 19.5 Å². The van der Waals surface area contributed by atoms with E-state index in [1.165, 1.54) is 6.07 Å². The van der Waals surface area contributed by atoms with Crippen LogP contribution < -0.4 is 10.2 Å². The van der Waals surface area contributed by atoms with Crippen molar-refractivity contribution in [3.63, 3.8) is 0 Å². The molecule has 82 valence electrons. The van der Waals surface area contributed by atoms with Crippen LogP contribution in [-0.4, -0.2) is 37.5 Å². The van der Waals surface area contributed by atoms with Crippen LogP contribution in [0.5, 0.6) is 5.75 Å². The second kappa shape index (κ2) is 5.97. The predicted molar refractivity (Wildman–Crippen MR) is 58.6 cm³/mol. The van der Waals surface area contributed by atoms with Gasteiger partial charge in [0, 0.05) is 17.6 Å². The summed E-state index contributed by atoms with van der Waals surface area (Å²) >= 11 is 5.75. The molecule has 0 aliphatic carbocycles. The fourth-order valence-electron chi connectivity index (χ4n) is 1.05. The maximum Gasteiger partial charge on any atom is 0.490 e. The Kier molecular flexibility index (Phi) is 4.91. The molecule has 0 heterocycles. The molecular formula is C9H12BClO4. The zero-order valence-electron chi connectivity index (χ0n) is 8.31. The van der Waals surface area contributed by atoms with E-state index in [4.69, 9.17) is 31.1 Å². The Morgan fingerprint density at radius 1 is 1.33 bits per heavy atom. The molecule has 0 atom stereocenters. The molecule has 0 amide bonds. The summed E-state index contributed by atoms with van der Waals surface area (Å²) in [4.78, 5) is 0. The van der Waals surface area contributed by atoms with E-state index in [2.05, 4.69) is 0 Å². The van der Waals surface area contributed by atoms with Crippen molar-refractivity contribution in [3.8, 4) is 5.75 Å². The van der Waals surface area contributed by atoms with Crippen molar-refractivity contribution >= 4 is 24.2 Å². The molecule has 0 spiro atoms. The van der Waals surface area contributed by atoms with E-state index in [0.717, 1.165) is 0 Å². The summed E-state index contributed by atoms with van der Waals surface area (Å²) in [5.74, 6) is 0.527. The first-order valence-corrected chi connectivity index (χ1v) is 4.80. The van der Waals surface area contributed by atoms with Crippen LogP contribution >= 0.6 is 11.6 Å². The third kappa shape index (κ3) is 3.72. The van der Waals surface area contributed by atoms with Gasteiger partial charge in [0.1, 0.15) is 12.4 Å². The van der Waals surface area contributed by atoms with E-state index in [1.807, 2.05) is 0 Å². The van der Waals surface area contributed by atoms with E-state index in [-0.39, 0.29) is 5.46 Å². The van der Waals surface area contributed by atoms with E-state index >= 15 is 0 Å². The molecule has 0 saturated heterocycles. The van der Waals surface area contributed by atoms with Crippen molar-refractivity contribution in [1.29, 1.82) is 0 Å². The molecule has 0 saturated carbocycles. The van der Waals surface area contributed by atoms with Crippen molar-refractivity contribution in [1.82, 2.24) is 0 Å². The van der Waals surface area contributed by atoms with E-state index in [1.54, 1.807) is 19.2 Å². The van der Waals surface area contributed by atoms with Gasteiger partial charge in [0.15, 0.2) is 0 Å². The first-order chi connectivity index (χ1) is 7.15. The summed E-state index contributed by atoms with van der Waals surface area (Å²) < 4.78 is 10.1. The lowest BCUT2D eigenvalue weighted by molar-refractivity contribution is 0.146. The average Bonchev–Trinajstić information content (AvgIpc) is 2.20. The third-order valence-electron chi connectivity index (χ3n) is 1.80. The van der Waals surface area contributed by atoms with Gasteiger partial charge in [-0.05, 0) is 18.2 Å². The molecular weight excluding hydrogens is 218 g/mol. The van der Waals surface area contributed by atoms with Crippen LogP contribution in [0.25, 0.3) is 0 Å². The van der Waals surface area contributed by atoms with Gasteiger partial charge in [-0.2, -0.15) is 0 Å². The van der Waals surface area contributed by atoms with Crippen LogP contribution in [0.2, 0.25) is 5.02 Å². The summed E-state index contributed by atoms with van der Waals surface area (Å²) in [5.41, 5.74) is 0.228. The number of halogens is 1. The maximum absolute atomic E-state index is 8.99. The van der Waals surface area contributed by atoms with Gasteiger partial charge in [0.05, 0.1) is 6.61 Å². The lowest BCUT2D eigenvalue weighted by atomic mass is 9.80. The van der Waals surface area contributed by atoms with Crippen molar-refractivity contribution in [2.45, 2.75) is 0 Å². The largest absolute Gasteiger partial charge is 0.491 e. The second-order valence-electron chi connectivity index (χ2n) is 2.90. The number of methoxy groups -OCH3 is 1. The molecule has 6 heteroatoms. The zero-order valence-corrected chi connectivity index (χ0v) is 9.07. The summed E-state index contributed by atoms with van der Waals surface area (Å²) in [6, 6.07) is 4.70. The lowest BCUT2D eigenvalue weighted by Crippen LogP contribution is -2.30. The molecule has 0 aliphatic heterocycles. The Balaban J connectivity index is 2.70. The van der Waals surface area contributed by atoms with Crippen LogP contribution in [0.3, 0.4) is 0 Å². The first kappa shape index (κ1) is 12.3. The highest BCUT2D eigenvalue weighted by atomic mass is 35.5. The quantitative estimate of drug-likeness (QED) is 0.554. The molecule has 1 rings (SSSR count). The number of rotatable bonds is 5. The SMILES string of the molecule is COCCOc1ccc(Cl)c(B(O)O)c1. The van der Waals surface area contributed by atoms with Crippen molar-refractivity contribution in [3.05, 3.63) is 23.2 Å². The summed E-state index contributed by atoms with van der Waals surface area (Å²) in [7, 11) is -0.0165. The minimum atomic E-state index is -1.59. The summed E-state index contributed by atoms with van der Waals surface area (Å²) in [6.07, 6.45) is 0. The highest BCUT2D eigenvalue weighted by Gasteiger charge is 2.15. The summed E-state index contributed by atoms with van der Waals surface area (Å²) in [5, 5.41) is 18.3. The predicted octanol–water partition coefficient (Wildman–Crippen LogP) is 0.0450. The van der Waals surface area contributed by atoms with Crippen molar-refractivity contribution in [2.24, 2.45) is 0 Å². The molecule has 4 nitrogen and oxygen atoms in total. The van der Waals surface area contributed by atoms with Crippen LogP contribution in [0.4, 0.5) is 0 Å².